The molecule has 26 heavy (non-hydrogen) atoms. The average molecular weight is 344 g/mol. The van der Waals surface area contributed by atoms with Crippen molar-refractivity contribution in [3.8, 4) is 0 Å². The number of benzene rings is 2. The largest absolute Gasteiger partial charge is 0.326 e. The Morgan fingerprint density at radius 3 is 2.77 bits per heavy atom. The predicted molar refractivity (Wildman–Crippen MR) is 104 cm³/mol. The van der Waals surface area contributed by atoms with E-state index < -0.39 is 0 Å². The summed E-state index contributed by atoms with van der Waals surface area (Å²) >= 11 is 0. The van der Waals surface area contributed by atoms with Gasteiger partial charge in [-0.1, -0.05) is 30.3 Å². The fraction of sp³-hybridized carbons (Fsp3) is 0.190. The van der Waals surface area contributed by atoms with Crippen molar-refractivity contribution in [2.75, 3.05) is 16.8 Å². The number of Topliss-reactive ketones (excluding diaryl/α,β-unsaturated/α-hetero) is 1. The Morgan fingerprint density at radius 2 is 1.92 bits per heavy atom. The van der Waals surface area contributed by atoms with Gasteiger partial charge in [-0.2, -0.15) is 4.98 Å². The highest BCUT2D eigenvalue weighted by molar-refractivity contribution is 5.95. The SMILES string of the molecule is CC(=O)c1cccc(Nc2nc(C)cc(N3CCc4ccccc43)n2)c1. The molecule has 0 saturated carbocycles. The van der Waals surface area contributed by atoms with E-state index in [9.17, 15) is 4.79 Å². The van der Waals surface area contributed by atoms with Crippen molar-refractivity contribution < 1.29 is 4.79 Å². The second kappa shape index (κ2) is 6.59. The first-order valence-electron chi connectivity index (χ1n) is 8.69. The van der Waals surface area contributed by atoms with Crippen LogP contribution in [0.4, 0.5) is 23.1 Å². The Bertz CT molecular complexity index is 983. The highest BCUT2D eigenvalue weighted by atomic mass is 16.1. The van der Waals surface area contributed by atoms with Crippen LogP contribution in [0.5, 0.6) is 0 Å². The van der Waals surface area contributed by atoms with E-state index >= 15 is 0 Å². The molecule has 0 saturated heterocycles. The zero-order valence-electron chi connectivity index (χ0n) is 14.9. The van der Waals surface area contributed by atoms with E-state index in [4.69, 9.17) is 4.98 Å². The summed E-state index contributed by atoms with van der Waals surface area (Å²) in [5.41, 5.74) is 4.90. The van der Waals surface area contributed by atoms with E-state index in [2.05, 4.69) is 39.5 Å². The molecule has 1 N–H and O–H groups in total. The predicted octanol–water partition coefficient (Wildman–Crippen LogP) is 4.43. The number of nitrogens with zero attached hydrogens (tertiary/aromatic N) is 3. The van der Waals surface area contributed by atoms with Gasteiger partial charge in [-0.05, 0) is 44.0 Å². The molecule has 0 radical (unpaired) electrons. The Balaban J connectivity index is 1.65. The topological polar surface area (TPSA) is 58.1 Å². The molecule has 2 aromatic carbocycles. The summed E-state index contributed by atoms with van der Waals surface area (Å²) in [5.74, 6) is 1.45. The molecule has 0 atom stereocenters. The molecule has 3 aromatic rings. The number of para-hydroxylation sites is 1. The monoisotopic (exact) mass is 344 g/mol. The third-order valence-electron chi connectivity index (χ3n) is 4.53. The van der Waals surface area contributed by atoms with Gasteiger partial charge in [-0.15, -0.1) is 0 Å². The summed E-state index contributed by atoms with van der Waals surface area (Å²) in [4.78, 5) is 23.0. The fourth-order valence-electron chi connectivity index (χ4n) is 3.27. The lowest BCUT2D eigenvalue weighted by molar-refractivity contribution is 0.101. The zero-order chi connectivity index (χ0) is 18.1. The van der Waals surface area contributed by atoms with E-state index in [1.807, 2.05) is 31.2 Å². The molecule has 1 aromatic heterocycles. The molecule has 0 spiro atoms. The van der Waals surface area contributed by atoms with Gasteiger partial charge in [0.25, 0.3) is 0 Å². The highest BCUT2D eigenvalue weighted by Gasteiger charge is 2.21. The maximum absolute atomic E-state index is 11.6. The average Bonchev–Trinajstić information content (AvgIpc) is 3.05. The molecule has 5 heteroatoms. The van der Waals surface area contributed by atoms with E-state index in [0.29, 0.717) is 11.5 Å². The number of fused-ring (bicyclic) bond motifs is 1. The molecule has 1 aliphatic heterocycles. The van der Waals surface area contributed by atoms with Crippen molar-refractivity contribution in [2.24, 2.45) is 0 Å². The van der Waals surface area contributed by atoms with E-state index in [0.717, 1.165) is 30.2 Å². The number of nitrogens with one attached hydrogen (secondary N) is 1. The summed E-state index contributed by atoms with van der Waals surface area (Å²) in [5, 5.41) is 3.23. The number of rotatable bonds is 4. The number of carbonyl (C=O) groups is 1. The van der Waals surface area contributed by atoms with Gasteiger partial charge in [0.05, 0.1) is 0 Å². The zero-order valence-corrected chi connectivity index (χ0v) is 14.9. The van der Waals surface area contributed by atoms with Crippen LogP contribution in [-0.4, -0.2) is 22.3 Å². The van der Waals surface area contributed by atoms with E-state index in [-0.39, 0.29) is 5.78 Å². The van der Waals surface area contributed by atoms with Gasteiger partial charge in [0, 0.05) is 35.2 Å². The van der Waals surface area contributed by atoms with Crippen LogP contribution in [0.25, 0.3) is 0 Å². The molecule has 0 aliphatic carbocycles. The summed E-state index contributed by atoms with van der Waals surface area (Å²) < 4.78 is 0. The van der Waals surface area contributed by atoms with Crippen LogP contribution in [-0.2, 0) is 6.42 Å². The van der Waals surface area contributed by atoms with Gasteiger partial charge in [-0.3, -0.25) is 4.79 Å². The lowest BCUT2D eigenvalue weighted by Gasteiger charge is -2.19. The van der Waals surface area contributed by atoms with Crippen molar-refractivity contribution >= 4 is 28.9 Å². The normalized spacial score (nSPS) is 12.8. The minimum atomic E-state index is 0.0353. The molecule has 1 aliphatic rings. The molecular weight excluding hydrogens is 324 g/mol. The Labute approximate surface area is 152 Å². The van der Waals surface area contributed by atoms with Crippen LogP contribution in [0.15, 0.2) is 54.6 Å². The summed E-state index contributed by atoms with van der Waals surface area (Å²) in [6.07, 6.45) is 1.02. The third-order valence-corrected chi connectivity index (χ3v) is 4.53. The molecule has 0 unspecified atom stereocenters. The Kier molecular flexibility index (Phi) is 4.13. The Morgan fingerprint density at radius 1 is 1.08 bits per heavy atom. The highest BCUT2D eigenvalue weighted by Crippen LogP contribution is 2.33. The van der Waals surface area contributed by atoms with Crippen LogP contribution in [0, 0.1) is 6.92 Å². The number of hydrogen-bond donors (Lipinski definition) is 1. The summed E-state index contributed by atoms with van der Waals surface area (Å²) in [7, 11) is 0. The number of aromatic nitrogens is 2. The van der Waals surface area contributed by atoms with Crippen LogP contribution in [0.2, 0.25) is 0 Å². The standard InChI is InChI=1S/C21H20N4O/c1-14-12-20(25-11-10-16-6-3-4-9-19(16)25)24-21(22-14)23-18-8-5-7-17(13-18)15(2)26/h3-9,12-13H,10-11H2,1-2H3,(H,22,23,24). The van der Waals surface area contributed by atoms with Crippen LogP contribution < -0.4 is 10.2 Å². The minimum Gasteiger partial charge on any atom is -0.326 e. The molecule has 0 fully saturated rings. The fourth-order valence-corrected chi connectivity index (χ4v) is 3.27. The maximum atomic E-state index is 11.6. The third kappa shape index (κ3) is 3.16. The van der Waals surface area contributed by atoms with Crippen LogP contribution in [0.1, 0.15) is 28.5 Å². The van der Waals surface area contributed by atoms with Crippen molar-refractivity contribution in [3.63, 3.8) is 0 Å². The van der Waals surface area contributed by atoms with Gasteiger partial charge >= 0.3 is 0 Å². The van der Waals surface area contributed by atoms with Gasteiger partial charge in [-0.25, -0.2) is 4.98 Å². The van der Waals surface area contributed by atoms with Gasteiger partial charge in [0.1, 0.15) is 5.82 Å². The van der Waals surface area contributed by atoms with Crippen molar-refractivity contribution in [1.82, 2.24) is 9.97 Å². The maximum Gasteiger partial charge on any atom is 0.229 e. The van der Waals surface area contributed by atoms with Gasteiger partial charge < -0.3 is 10.2 Å². The van der Waals surface area contributed by atoms with Crippen molar-refractivity contribution in [1.29, 1.82) is 0 Å². The molecule has 0 bridgehead atoms. The van der Waals surface area contributed by atoms with Crippen LogP contribution >= 0.6 is 0 Å². The molecule has 2 heterocycles. The Hall–Kier alpha value is -3.21. The second-order valence-electron chi connectivity index (χ2n) is 6.48. The first kappa shape index (κ1) is 16.3. The van der Waals surface area contributed by atoms with Gasteiger partial charge in [0.15, 0.2) is 5.78 Å². The second-order valence-corrected chi connectivity index (χ2v) is 6.48. The summed E-state index contributed by atoms with van der Waals surface area (Å²) in [6, 6.07) is 17.8. The van der Waals surface area contributed by atoms with E-state index in [1.165, 1.54) is 11.3 Å². The quantitative estimate of drug-likeness (QED) is 0.710. The smallest absolute Gasteiger partial charge is 0.229 e. The molecule has 0 amide bonds. The molecule has 5 nitrogen and oxygen atoms in total. The molecular formula is C21H20N4O. The minimum absolute atomic E-state index is 0.0353. The first-order valence-corrected chi connectivity index (χ1v) is 8.69. The molecule has 4 rings (SSSR count). The lowest BCUT2D eigenvalue weighted by atomic mass is 10.1. The first-order chi connectivity index (χ1) is 12.6. The van der Waals surface area contributed by atoms with Gasteiger partial charge in [0.2, 0.25) is 5.95 Å². The number of hydrogen-bond acceptors (Lipinski definition) is 5. The molecule has 130 valence electrons. The number of carbonyl (C=O) groups excluding carboxylic acids is 1. The number of aryl methyl sites for hydroxylation is 1. The van der Waals surface area contributed by atoms with Crippen molar-refractivity contribution in [2.45, 2.75) is 20.3 Å². The number of ketones is 1. The number of anilines is 4. The lowest BCUT2D eigenvalue weighted by Crippen LogP contribution is -2.16. The van der Waals surface area contributed by atoms with Crippen molar-refractivity contribution in [3.05, 3.63) is 71.4 Å². The van der Waals surface area contributed by atoms with E-state index in [1.54, 1.807) is 13.0 Å². The summed E-state index contributed by atoms with van der Waals surface area (Å²) in [6.45, 7) is 4.44. The van der Waals surface area contributed by atoms with Crippen LogP contribution in [0.3, 0.4) is 0 Å².